The van der Waals surface area contributed by atoms with Gasteiger partial charge in [0.1, 0.15) is 0 Å². The van der Waals surface area contributed by atoms with E-state index >= 15 is 0 Å². The van der Waals surface area contributed by atoms with Gasteiger partial charge in [-0.2, -0.15) is 18.4 Å². The molecule has 1 aromatic carbocycles. The van der Waals surface area contributed by atoms with E-state index in [0.29, 0.717) is 10.7 Å². The van der Waals surface area contributed by atoms with Crippen LogP contribution in [0.4, 0.5) is 0 Å². The van der Waals surface area contributed by atoms with Crippen LogP contribution in [0.1, 0.15) is 11.8 Å². The summed E-state index contributed by atoms with van der Waals surface area (Å²) in [5.74, 6) is 0. The highest BCUT2D eigenvalue weighted by Crippen LogP contribution is 2.22. The van der Waals surface area contributed by atoms with E-state index in [9.17, 15) is 8.42 Å². The van der Waals surface area contributed by atoms with Gasteiger partial charge >= 0.3 is 0 Å². The highest BCUT2D eigenvalue weighted by atomic mass is 79.9. The Morgan fingerprint density at radius 2 is 1.90 bits per heavy atom. The predicted octanol–water partition coefficient (Wildman–Crippen LogP) is 3.87. The Hall–Kier alpha value is -0.890. The maximum Gasteiger partial charge on any atom is 0.276 e. The predicted molar refractivity (Wildman–Crippen MR) is 86.0 cm³/mol. The van der Waals surface area contributed by atoms with Crippen molar-refractivity contribution in [3.63, 3.8) is 0 Å². The molecule has 1 N–H and O–H groups in total. The minimum Gasteiger partial charge on any atom is -0.200 e. The Kier molecular flexibility index (Phi) is 4.85. The lowest BCUT2D eigenvalue weighted by molar-refractivity contribution is 0.584. The van der Waals surface area contributed by atoms with Crippen LogP contribution in [-0.2, 0) is 10.0 Å². The van der Waals surface area contributed by atoms with Crippen molar-refractivity contribution in [2.75, 3.05) is 0 Å². The summed E-state index contributed by atoms with van der Waals surface area (Å²) < 4.78 is 25.0. The molecule has 1 heterocycles. The van der Waals surface area contributed by atoms with Crippen molar-refractivity contribution >= 4 is 54.6 Å². The number of halogens is 2. The minimum atomic E-state index is -3.68. The van der Waals surface area contributed by atoms with E-state index in [1.807, 2.05) is 12.1 Å². The summed E-state index contributed by atoms with van der Waals surface area (Å²) in [4.78, 5) is 3.21. The molecule has 2 aromatic rings. The Bertz CT molecular complexity index is 739. The van der Waals surface area contributed by atoms with Crippen LogP contribution >= 0.6 is 38.9 Å². The van der Waals surface area contributed by atoms with Gasteiger partial charge in [0.2, 0.25) is 0 Å². The summed E-state index contributed by atoms with van der Waals surface area (Å²) >= 11 is 10.6. The van der Waals surface area contributed by atoms with Crippen LogP contribution in [0, 0.1) is 0 Å². The zero-order chi connectivity index (χ0) is 14.8. The van der Waals surface area contributed by atoms with Crippen molar-refractivity contribution in [2.45, 2.75) is 11.8 Å². The fourth-order valence-corrected chi connectivity index (χ4v) is 3.67. The van der Waals surface area contributed by atoms with Crippen LogP contribution in [0.3, 0.4) is 0 Å². The van der Waals surface area contributed by atoms with Gasteiger partial charge in [0.15, 0.2) is 0 Å². The fourth-order valence-electron chi connectivity index (χ4n) is 1.36. The molecule has 2 rings (SSSR count). The smallest absolute Gasteiger partial charge is 0.200 e. The monoisotopic (exact) mass is 392 g/mol. The molecule has 0 fully saturated rings. The third-order valence-corrected chi connectivity index (χ3v) is 5.60. The van der Waals surface area contributed by atoms with Crippen LogP contribution in [0.5, 0.6) is 0 Å². The average Bonchev–Trinajstić information content (AvgIpc) is 2.83. The molecular formula is C12H10BrClN2O2S2. The maximum atomic E-state index is 12.0. The molecule has 0 radical (unpaired) electrons. The molecule has 1 aromatic heterocycles. The third kappa shape index (κ3) is 3.82. The first-order chi connectivity index (χ1) is 9.38. The van der Waals surface area contributed by atoms with E-state index in [1.165, 1.54) is 35.6 Å². The number of nitrogens with zero attached hydrogens (tertiary/aromatic N) is 1. The molecule has 0 saturated carbocycles. The Morgan fingerprint density at radius 1 is 1.25 bits per heavy atom. The number of rotatable bonds is 4. The molecule has 0 atom stereocenters. The molecule has 0 aliphatic rings. The van der Waals surface area contributed by atoms with Gasteiger partial charge in [-0.05, 0) is 59.3 Å². The highest BCUT2D eigenvalue weighted by molar-refractivity contribution is 9.11. The van der Waals surface area contributed by atoms with E-state index in [-0.39, 0.29) is 4.90 Å². The van der Waals surface area contributed by atoms with E-state index in [0.717, 1.165) is 8.66 Å². The zero-order valence-electron chi connectivity index (χ0n) is 10.3. The van der Waals surface area contributed by atoms with Gasteiger partial charge < -0.3 is 0 Å². The third-order valence-electron chi connectivity index (χ3n) is 2.39. The molecular weight excluding hydrogens is 384 g/mol. The second kappa shape index (κ2) is 6.26. The number of thiophene rings is 1. The van der Waals surface area contributed by atoms with Crippen molar-refractivity contribution in [1.82, 2.24) is 4.83 Å². The topological polar surface area (TPSA) is 58.5 Å². The first-order valence-corrected chi connectivity index (χ1v) is 8.93. The van der Waals surface area contributed by atoms with E-state index in [4.69, 9.17) is 11.6 Å². The molecule has 106 valence electrons. The van der Waals surface area contributed by atoms with Crippen molar-refractivity contribution in [3.8, 4) is 0 Å². The maximum absolute atomic E-state index is 12.0. The van der Waals surface area contributed by atoms with Gasteiger partial charge in [-0.25, -0.2) is 0 Å². The Labute approximate surface area is 134 Å². The van der Waals surface area contributed by atoms with Gasteiger partial charge in [0.25, 0.3) is 10.0 Å². The van der Waals surface area contributed by atoms with E-state index in [2.05, 4.69) is 25.9 Å². The summed E-state index contributed by atoms with van der Waals surface area (Å²) in [5, 5.41) is 4.39. The molecule has 0 spiro atoms. The summed E-state index contributed by atoms with van der Waals surface area (Å²) in [6.07, 6.45) is 0. The minimum absolute atomic E-state index is 0.116. The van der Waals surface area contributed by atoms with Gasteiger partial charge in [0, 0.05) is 5.02 Å². The first-order valence-electron chi connectivity index (χ1n) is 5.46. The lowest BCUT2D eigenvalue weighted by atomic mass is 10.3. The van der Waals surface area contributed by atoms with Gasteiger partial charge in [0.05, 0.1) is 19.3 Å². The lowest BCUT2D eigenvalue weighted by Gasteiger charge is -2.04. The number of hydrazone groups is 1. The summed E-state index contributed by atoms with van der Waals surface area (Å²) in [6, 6.07) is 9.64. The van der Waals surface area contributed by atoms with Crippen molar-refractivity contribution < 1.29 is 8.42 Å². The average molecular weight is 394 g/mol. The number of sulfonamides is 1. The number of nitrogens with one attached hydrogen (secondary N) is 1. The summed E-state index contributed by atoms with van der Waals surface area (Å²) in [7, 11) is -3.68. The van der Waals surface area contributed by atoms with Crippen molar-refractivity contribution in [1.29, 1.82) is 0 Å². The zero-order valence-corrected chi connectivity index (χ0v) is 14.3. The highest BCUT2D eigenvalue weighted by Gasteiger charge is 2.13. The Morgan fingerprint density at radius 3 is 2.45 bits per heavy atom. The second-order valence-electron chi connectivity index (χ2n) is 3.85. The molecule has 0 unspecified atom stereocenters. The quantitative estimate of drug-likeness (QED) is 0.633. The molecule has 0 saturated heterocycles. The normalized spacial score (nSPS) is 12.4. The van der Waals surface area contributed by atoms with E-state index < -0.39 is 10.0 Å². The molecule has 4 nitrogen and oxygen atoms in total. The van der Waals surface area contributed by atoms with Gasteiger partial charge in [-0.15, -0.1) is 11.3 Å². The van der Waals surface area contributed by atoms with Crippen LogP contribution in [0.2, 0.25) is 5.02 Å². The number of hydrogen-bond acceptors (Lipinski definition) is 4. The van der Waals surface area contributed by atoms with Crippen molar-refractivity contribution in [2.24, 2.45) is 5.10 Å². The van der Waals surface area contributed by atoms with Crippen molar-refractivity contribution in [3.05, 3.63) is 50.1 Å². The fraction of sp³-hybridized carbons (Fsp3) is 0.0833. The molecule has 0 amide bonds. The number of hydrogen-bond donors (Lipinski definition) is 1. The standard InChI is InChI=1S/C12H10BrClN2O2S2/c1-8(11-6-7-12(13)19-11)15-16-20(17,18)10-4-2-9(14)3-5-10/h2-7,16H,1H3/b15-8+. The van der Waals surface area contributed by atoms with Crippen LogP contribution in [-0.4, -0.2) is 14.1 Å². The van der Waals surface area contributed by atoms with Crippen LogP contribution in [0.25, 0.3) is 0 Å². The summed E-state index contributed by atoms with van der Waals surface area (Å²) in [5.41, 5.74) is 0.596. The van der Waals surface area contributed by atoms with Crippen LogP contribution < -0.4 is 4.83 Å². The van der Waals surface area contributed by atoms with Gasteiger partial charge in [-0.1, -0.05) is 11.6 Å². The molecule has 0 aliphatic heterocycles. The molecule has 20 heavy (non-hydrogen) atoms. The molecule has 8 heteroatoms. The number of benzene rings is 1. The molecule has 0 aliphatic carbocycles. The van der Waals surface area contributed by atoms with Gasteiger partial charge in [-0.3, -0.25) is 0 Å². The SMILES string of the molecule is C/C(=N\NS(=O)(=O)c1ccc(Cl)cc1)c1ccc(Br)s1. The molecule has 0 bridgehead atoms. The lowest BCUT2D eigenvalue weighted by Crippen LogP contribution is -2.19. The van der Waals surface area contributed by atoms with E-state index in [1.54, 1.807) is 6.92 Å². The first kappa shape index (κ1) is 15.5. The Balaban J connectivity index is 2.18. The van der Waals surface area contributed by atoms with Crippen LogP contribution in [0.15, 0.2) is 50.2 Å². The largest absolute Gasteiger partial charge is 0.276 e. The second-order valence-corrected chi connectivity index (χ2v) is 8.41. The summed E-state index contributed by atoms with van der Waals surface area (Å²) in [6.45, 7) is 1.74.